The maximum absolute atomic E-state index is 13.2. The van der Waals surface area contributed by atoms with Crippen LogP contribution in [0.1, 0.15) is 35.2 Å². The van der Waals surface area contributed by atoms with Crippen molar-refractivity contribution in [2.45, 2.75) is 44.8 Å². The highest BCUT2D eigenvalue weighted by Crippen LogP contribution is 2.35. The number of nitrogens with zero attached hydrogens (tertiary/aromatic N) is 3. The zero-order valence-corrected chi connectivity index (χ0v) is 18.5. The van der Waals surface area contributed by atoms with E-state index >= 15 is 0 Å². The Morgan fingerprint density at radius 1 is 1.13 bits per heavy atom. The van der Waals surface area contributed by atoms with Gasteiger partial charge in [0.05, 0.1) is 11.3 Å². The van der Waals surface area contributed by atoms with Crippen LogP contribution in [0.15, 0.2) is 18.2 Å². The fraction of sp³-hybridized carbons (Fsp3) is 0.500. The topological polar surface area (TPSA) is 53.1 Å². The molecule has 4 rings (SSSR count). The Hall–Kier alpha value is -1.77. The molecule has 0 spiro atoms. The van der Waals surface area contributed by atoms with Crippen molar-refractivity contribution in [2.75, 3.05) is 30.4 Å². The van der Waals surface area contributed by atoms with Crippen molar-refractivity contribution in [1.29, 1.82) is 0 Å². The number of anilines is 3. The number of hydrogen-bond donors (Lipinski definition) is 2. The molecule has 2 aromatic rings. The maximum atomic E-state index is 13.2. The summed E-state index contributed by atoms with van der Waals surface area (Å²) in [5.74, 6) is 1.28. The van der Waals surface area contributed by atoms with E-state index in [4.69, 9.17) is 4.98 Å². The molecule has 2 N–H and O–H groups in total. The highest BCUT2D eigenvalue weighted by molar-refractivity contribution is 5.85. The molecular formula is C20H26Cl2F3N5. The molecule has 5 nitrogen and oxygen atoms in total. The van der Waals surface area contributed by atoms with Gasteiger partial charge in [-0.1, -0.05) is 6.07 Å². The number of halogens is 5. The van der Waals surface area contributed by atoms with E-state index in [1.807, 2.05) is 7.05 Å². The molecule has 1 aromatic carbocycles. The van der Waals surface area contributed by atoms with Gasteiger partial charge in [0.1, 0.15) is 5.82 Å². The number of nitrogens with one attached hydrogen (secondary N) is 2. The fourth-order valence-corrected chi connectivity index (χ4v) is 4.05. The highest BCUT2D eigenvalue weighted by Gasteiger charge is 2.33. The average Bonchev–Trinajstić information content (AvgIpc) is 3.30. The maximum Gasteiger partial charge on any atom is 0.416 e. The van der Waals surface area contributed by atoms with Crippen LogP contribution in [0, 0.1) is 6.92 Å². The lowest BCUT2D eigenvalue weighted by molar-refractivity contribution is -0.138. The second kappa shape index (κ2) is 9.58. The van der Waals surface area contributed by atoms with Crippen LogP contribution >= 0.6 is 24.8 Å². The van der Waals surface area contributed by atoms with Gasteiger partial charge in [0.15, 0.2) is 0 Å². The quantitative estimate of drug-likeness (QED) is 0.689. The lowest BCUT2D eigenvalue weighted by atomic mass is 10.1. The highest BCUT2D eigenvalue weighted by atomic mass is 35.5. The molecule has 0 bridgehead atoms. The Morgan fingerprint density at radius 2 is 1.90 bits per heavy atom. The van der Waals surface area contributed by atoms with Gasteiger partial charge in [-0.05, 0) is 57.4 Å². The van der Waals surface area contributed by atoms with Crippen molar-refractivity contribution in [3.63, 3.8) is 0 Å². The lowest BCUT2D eigenvalue weighted by Crippen LogP contribution is -2.30. The molecule has 10 heteroatoms. The zero-order valence-electron chi connectivity index (χ0n) is 16.8. The number of rotatable bonds is 4. The summed E-state index contributed by atoms with van der Waals surface area (Å²) in [6.07, 6.45) is -0.472. The molecule has 0 radical (unpaired) electrons. The van der Waals surface area contributed by atoms with E-state index in [2.05, 4.69) is 20.5 Å². The first-order valence-corrected chi connectivity index (χ1v) is 9.62. The zero-order chi connectivity index (χ0) is 19.9. The van der Waals surface area contributed by atoms with Crippen molar-refractivity contribution in [3.8, 4) is 0 Å². The molecule has 2 aliphatic rings. The summed E-state index contributed by atoms with van der Waals surface area (Å²) in [4.78, 5) is 11.5. The fourth-order valence-electron chi connectivity index (χ4n) is 4.05. The van der Waals surface area contributed by atoms with Crippen LogP contribution in [0.3, 0.4) is 0 Å². The van der Waals surface area contributed by atoms with Crippen molar-refractivity contribution in [2.24, 2.45) is 0 Å². The largest absolute Gasteiger partial charge is 0.416 e. The van der Waals surface area contributed by atoms with Gasteiger partial charge in [-0.3, -0.25) is 0 Å². The number of aryl methyl sites for hydroxylation is 2. The summed E-state index contributed by atoms with van der Waals surface area (Å²) in [6, 6.07) is 4.65. The van der Waals surface area contributed by atoms with Gasteiger partial charge < -0.3 is 15.5 Å². The first kappa shape index (κ1) is 24.5. The molecule has 1 atom stereocenters. The molecular weight excluding hydrogens is 438 g/mol. The second-order valence-electron chi connectivity index (χ2n) is 7.52. The Morgan fingerprint density at radius 3 is 2.57 bits per heavy atom. The van der Waals surface area contributed by atoms with Crippen LogP contribution < -0.4 is 15.5 Å². The van der Waals surface area contributed by atoms with Crippen LogP contribution in [0.4, 0.5) is 30.6 Å². The Balaban J connectivity index is 0.00000160. The number of hydrogen-bond acceptors (Lipinski definition) is 5. The number of aromatic nitrogens is 2. The predicted octanol–water partition coefficient (Wildman–Crippen LogP) is 4.68. The summed E-state index contributed by atoms with van der Waals surface area (Å²) in [5.41, 5.74) is 2.08. The summed E-state index contributed by atoms with van der Waals surface area (Å²) in [6.45, 7) is 3.25. The summed E-state index contributed by atoms with van der Waals surface area (Å²) < 4.78 is 39.6. The van der Waals surface area contributed by atoms with Crippen molar-refractivity contribution in [3.05, 3.63) is 40.6 Å². The van der Waals surface area contributed by atoms with Crippen LogP contribution in [0.5, 0.6) is 0 Å². The molecule has 0 saturated carbocycles. The average molecular weight is 464 g/mol. The summed E-state index contributed by atoms with van der Waals surface area (Å²) in [7, 11) is 1.96. The Bertz CT molecular complexity index is 891. The van der Waals surface area contributed by atoms with E-state index in [0.717, 1.165) is 56.4 Å². The number of fused-ring (bicyclic) bond motifs is 1. The molecule has 166 valence electrons. The van der Waals surface area contributed by atoms with Gasteiger partial charge in [0.25, 0.3) is 0 Å². The van der Waals surface area contributed by atoms with Gasteiger partial charge in [0, 0.05) is 30.4 Å². The number of alkyl halides is 3. The first-order chi connectivity index (χ1) is 13.3. The first-order valence-electron chi connectivity index (χ1n) is 9.62. The monoisotopic (exact) mass is 463 g/mol. The third-order valence-electron chi connectivity index (χ3n) is 5.61. The van der Waals surface area contributed by atoms with Gasteiger partial charge in [-0.25, -0.2) is 4.98 Å². The smallest absolute Gasteiger partial charge is 0.355 e. The normalized spacial score (nSPS) is 17.9. The van der Waals surface area contributed by atoms with Crippen LogP contribution in [0.25, 0.3) is 0 Å². The molecule has 30 heavy (non-hydrogen) atoms. The van der Waals surface area contributed by atoms with Crippen LogP contribution in [-0.2, 0) is 19.0 Å². The van der Waals surface area contributed by atoms with Crippen molar-refractivity contribution < 1.29 is 13.2 Å². The molecule has 0 amide bonds. The van der Waals surface area contributed by atoms with Crippen LogP contribution in [-0.4, -0.2) is 36.1 Å². The van der Waals surface area contributed by atoms with E-state index in [-0.39, 0.29) is 30.4 Å². The van der Waals surface area contributed by atoms with Gasteiger partial charge in [0.2, 0.25) is 5.95 Å². The Labute approximate surface area is 186 Å². The van der Waals surface area contributed by atoms with E-state index in [0.29, 0.717) is 17.7 Å². The summed E-state index contributed by atoms with van der Waals surface area (Å²) in [5, 5.41) is 6.30. The van der Waals surface area contributed by atoms with Gasteiger partial charge in [-0.15, -0.1) is 24.8 Å². The van der Waals surface area contributed by atoms with E-state index < -0.39 is 11.7 Å². The van der Waals surface area contributed by atoms with Crippen LogP contribution in [0.2, 0.25) is 0 Å². The summed E-state index contributed by atoms with van der Waals surface area (Å²) >= 11 is 0. The molecule has 2 heterocycles. The molecule has 1 aromatic heterocycles. The standard InChI is InChI=1S/C20H24F3N5.2ClH/c1-12-6-7-13(10-16(12)20(21,22)23)25-19-26-17-5-3-4-15(17)18(27-19)28-9-8-14(11-28)24-2;;/h6-7,10,14,24H,3-5,8-9,11H2,1-2H3,(H,25,26,27);2*1H/t14-;;/m0../s1. The predicted molar refractivity (Wildman–Crippen MR) is 118 cm³/mol. The third-order valence-corrected chi connectivity index (χ3v) is 5.61. The molecule has 0 unspecified atom stereocenters. The number of likely N-dealkylation sites (N-methyl/N-ethyl adjacent to an activating group) is 1. The third kappa shape index (κ3) is 4.92. The minimum absolute atomic E-state index is 0. The second-order valence-corrected chi connectivity index (χ2v) is 7.52. The van der Waals surface area contributed by atoms with E-state index in [1.54, 1.807) is 6.07 Å². The minimum Gasteiger partial charge on any atom is -0.355 e. The van der Waals surface area contributed by atoms with E-state index in [1.165, 1.54) is 18.6 Å². The minimum atomic E-state index is -4.39. The lowest BCUT2D eigenvalue weighted by Gasteiger charge is -2.21. The van der Waals surface area contributed by atoms with Crippen molar-refractivity contribution in [1.82, 2.24) is 15.3 Å². The molecule has 1 aliphatic carbocycles. The Kier molecular flexibility index (Phi) is 7.82. The van der Waals surface area contributed by atoms with Gasteiger partial charge in [-0.2, -0.15) is 18.2 Å². The number of benzene rings is 1. The van der Waals surface area contributed by atoms with Gasteiger partial charge >= 0.3 is 6.18 Å². The van der Waals surface area contributed by atoms with E-state index in [9.17, 15) is 13.2 Å². The molecule has 1 aliphatic heterocycles. The molecule has 1 fully saturated rings. The van der Waals surface area contributed by atoms with Crippen molar-refractivity contribution >= 4 is 42.3 Å². The SMILES string of the molecule is CN[C@H]1CCN(c2nc(Nc3ccc(C)c(C(F)(F)F)c3)nc3c2CCC3)C1.Cl.Cl. The molecule has 1 saturated heterocycles.